The monoisotopic (exact) mass is 350 g/mol. The smallest absolute Gasteiger partial charge is 0.342 e. The molecule has 8 nitrogen and oxygen atoms in total. The highest BCUT2D eigenvalue weighted by Gasteiger charge is 2.29. The van der Waals surface area contributed by atoms with Crippen LogP contribution in [-0.2, 0) is 14.3 Å². The molecule has 1 saturated heterocycles. The lowest BCUT2D eigenvalue weighted by Gasteiger charge is -2.35. The molecule has 2 rings (SSSR count). The summed E-state index contributed by atoms with van der Waals surface area (Å²) in [6.07, 6.45) is -0.998. The number of hydrogen-bond acceptors (Lipinski definition) is 6. The van der Waals surface area contributed by atoms with E-state index >= 15 is 0 Å². The van der Waals surface area contributed by atoms with Crippen molar-refractivity contribution in [2.75, 3.05) is 33.3 Å². The van der Waals surface area contributed by atoms with Crippen LogP contribution in [0.2, 0.25) is 0 Å². The molecule has 0 spiro atoms. The molecule has 1 heterocycles. The number of amides is 2. The second-order valence-electron chi connectivity index (χ2n) is 5.74. The number of methoxy groups -OCH3 is 1. The highest BCUT2D eigenvalue weighted by atomic mass is 16.5. The van der Waals surface area contributed by atoms with E-state index in [0.717, 1.165) is 0 Å². The summed E-state index contributed by atoms with van der Waals surface area (Å²) in [5.41, 5.74) is -0.0691. The van der Waals surface area contributed by atoms with E-state index in [1.54, 1.807) is 15.9 Å². The lowest BCUT2D eigenvalue weighted by Crippen LogP contribution is -2.52. The minimum atomic E-state index is -0.998. The van der Waals surface area contributed by atoms with Crippen LogP contribution >= 0.6 is 0 Å². The van der Waals surface area contributed by atoms with Crippen molar-refractivity contribution in [2.24, 2.45) is 0 Å². The third-order valence-corrected chi connectivity index (χ3v) is 4.11. The van der Waals surface area contributed by atoms with Crippen molar-refractivity contribution in [1.82, 2.24) is 9.80 Å². The molecule has 0 radical (unpaired) electrons. The number of nitrogens with zero attached hydrogens (tertiary/aromatic N) is 2. The molecule has 1 aromatic carbocycles. The van der Waals surface area contributed by atoms with Crippen molar-refractivity contribution in [3.05, 3.63) is 23.8 Å². The Morgan fingerprint density at radius 3 is 2.28 bits per heavy atom. The van der Waals surface area contributed by atoms with Gasteiger partial charge in [0.1, 0.15) is 5.56 Å². The number of piperazine rings is 1. The van der Waals surface area contributed by atoms with Crippen LogP contribution in [-0.4, -0.2) is 72.1 Å². The minimum absolute atomic E-state index is 0.0277. The zero-order valence-electron chi connectivity index (χ0n) is 14.5. The number of carbonyl (C=O) groups is 3. The van der Waals surface area contributed by atoms with Gasteiger partial charge < -0.3 is 24.4 Å². The number of ether oxygens (including phenoxy) is 2. The number of esters is 1. The lowest BCUT2D eigenvalue weighted by molar-refractivity contribution is -0.144. The fraction of sp³-hybridized carbons (Fsp3) is 0.471. The van der Waals surface area contributed by atoms with Crippen molar-refractivity contribution in [3.63, 3.8) is 0 Å². The van der Waals surface area contributed by atoms with E-state index < -0.39 is 12.1 Å². The van der Waals surface area contributed by atoms with Gasteiger partial charge in [-0.3, -0.25) is 9.59 Å². The van der Waals surface area contributed by atoms with Crippen molar-refractivity contribution in [3.8, 4) is 11.5 Å². The van der Waals surface area contributed by atoms with Gasteiger partial charge in [0.05, 0.1) is 7.11 Å². The summed E-state index contributed by atoms with van der Waals surface area (Å²) in [5.74, 6) is -1.35. The molecule has 0 aromatic heterocycles. The first-order valence-electron chi connectivity index (χ1n) is 7.96. The average Bonchev–Trinajstić information content (AvgIpc) is 2.61. The third-order valence-electron chi connectivity index (χ3n) is 4.11. The molecule has 0 saturated carbocycles. The largest absolute Gasteiger partial charge is 0.504 e. The van der Waals surface area contributed by atoms with E-state index in [9.17, 15) is 19.5 Å². The molecule has 0 bridgehead atoms. The lowest BCUT2D eigenvalue weighted by atomic mass is 10.2. The standard InChI is InChI=1S/C17H22N2O6/c1-11(16(22)19-9-7-18(8-10-19)12(2)20)25-17(23)13-5-4-6-14(24-3)15(13)21/h4-6,11,21H,7-10H2,1-3H3/t11-/m0/s1. The van der Waals surface area contributed by atoms with Crippen molar-refractivity contribution < 1.29 is 29.0 Å². The van der Waals surface area contributed by atoms with Crippen LogP contribution in [0.4, 0.5) is 0 Å². The number of aromatic hydroxyl groups is 1. The molecule has 1 atom stereocenters. The van der Waals surface area contributed by atoms with Gasteiger partial charge in [0.15, 0.2) is 17.6 Å². The van der Waals surface area contributed by atoms with Gasteiger partial charge in [-0.15, -0.1) is 0 Å². The Kier molecular flexibility index (Phi) is 5.84. The number of carbonyl (C=O) groups excluding carboxylic acids is 3. The van der Waals surface area contributed by atoms with Crippen LogP contribution in [0.5, 0.6) is 11.5 Å². The van der Waals surface area contributed by atoms with Crippen LogP contribution in [0.15, 0.2) is 18.2 Å². The fourth-order valence-corrected chi connectivity index (χ4v) is 2.63. The SMILES string of the molecule is COc1cccc(C(=O)O[C@@H](C)C(=O)N2CCN(C(C)=O)CC2)c1O. The predicted octanol–water partition coefficient (Wildman–Crippen LogP) is 0.637. The van der Waals surface area contributed by atoms with Gasteiger partial charge in [-0.1, -0.05) is 6.07 Å². The normalized spacial score (nSPS) is 15.5. The number of phenols is 1. The number of phenolic OH excluding ortho intramolecular Hbond substituents is 1. The summed E-state index contributed by atoms with van der Waals surface area (Å²) >= 11 is 0. The Balaban J connectivity index is 1.97. The summed E-state index contributed by atoms with van der Waals surface area (Å²) in [4.78, 5) is 39.2. The Labute approximate surface area is 145 Å². The van der Waals surface area contributed by atoms with Gasteiger partial charge in [-0.05, 0) is 19.1 Å². The molecule has 136 valence electrons. The van der Waals surface area contributed by atoms with Crippen molar-refractivity contribution in [1.29, 1.82) is 0 Å². The summed E-state index contributed by atoms with van der Waals surface area (Å²) in [5, 5.41) is 9.98. The summed E-state index contributed by atoms with van der Waals surface area (Å²) < 4.78 is 10.1. The highest BCUT2D eigenvalue weighted by molar-refractivity contribution is 5.95. The van der Waals surface area contributed by atoms with Crippen LogP contribution in [0.25, 0.3) is 0 Å². The molecule has 1 aliphatic heterocycles. The Morgan fingerprint density at radius 2 is 1.72 bits per heavy atom. The molecule has 1 aromatic rings. The number of hydrogen-bond donors (Lipinski definition) is 1. The maximum absolute atomic E-state index is 12.4. The molecule has 1 N–H and O–H groups in total. The van der Waals surface area contributed by atoms with Crippen molar-refractivity contribution >= 4 is 17.8 Å². The maximum Gasteiger partial charge on any atom is 0.342 e. The first-order chi connectivity index (χ1) is 11.8. The quantitative estimate of drug-likeness (QED) is 0.801. The van der Waals surface area contributed by atoms with Gasteiger partial charge in [-0.25, -0.2) is 4.79 Å². The van der Waals surface area contributed by atoms with E-state index in [1.165, 1.54) is 33.1 Å². The van der Waals surface area contributed by atoms with Crippen molar-refractivity contribution in [2.45, 2.75) is 20.0 Å². The molecule has 1 aliphatic rings. The highest BCUT2D eigenvalue weighted by Crippen LogP contribution is 2.30. The van der Waals surface area contributed by atoms with Gasteiger partial charge in [0.2, 0.25) is 5.91 Å². The van der Waals surface area contributed by atoms with Gasteiger partial charge >= 0.3 is 5.97 Å². The van der Waals surface area contributed by atoms with E-state index in [2.05, 4.69) is 0 Å². The van der Waals surface area contributed by atoms with E-state index in [4.69, 9.17) is 9.47 Å². The second kappa shape index (κ2) is 7.87. The first-order valence-corrected chi connectivity index (χ1v) is 7.96. The molecule has 8 heteroatoms. The van der Waals surface area contributed by atoms with Gasteiger partial charge in [-0.2, -0.15) is 0 Å². The van der Waals surface area contributed by atoms with E-state index in [-0.39, 0.29) is 28.9 Å². The average molecular weight is 350 g/mol. The van der Waals surface area contributed by atoms with Crippen LogP contribution < -0.4 is 4.74 Å². The second-order valence-corrected chi connectivity index (χ2v) is 5.74. The molecular weight excluding hydrogens is 328 g/mol. The van der Waals surface area contributed by atoms with E-state index in [0.29, 0.717) is 26.2 Å². The molecule has 25 heavy (non-hydrogen) atoms. The van der Waals surface area contributed by atoms with Gasteiger partial charge in [0, 0.05) is 33.1 Å². The summed E-state index contributed by atoms with van der Waals surface area (Å²) in [7, 11) is 1.37. The van der Waals surface area contributed by atoms with E-state index in [1.807, 2.05) is 0 Å². The summed E-state index contributed by atoms with van der Waals surface area (Å²) in [6.45, 7) is 4.67. The molecule has 1 fully saturated rings. The molecular formula is C17H22N2O6. The number of para-hydroxylation sites is 1. The Morgan fingerprint density at radius 1 is 1.12 bits per heavy atom. The van der Waals surface area contributed by atoms with Gasteiger partial charge in [0.25, 0.3) is 5.91 Å². The molecule has 2 amide bonds. The maximum atomic E-state index is 12.4. The third kappa shape index (κ3) is 4.20. The Bertz CT molecular complexity index is 667. The van der Waals surface area contributed by atoms with Crippen LogP contribution in [0.1, 0.15) is 24.2 Å². The molecule has 0 unspecified atom stereocenters. The topological polar surface area (TPSA) is 96.4 Å². The molecule has 0 aliphatic carbocycles. The number of benzene rings is 1. The summed E-state index contributed by atoms with van der Waals surface area (Å²) in [6, 6.07) is 4.45. The number of rotatable bonds is 4. The zero-order valence-corrected chi connectivity index (χ0v) is 14.5. The Hall–Kier alpha value is -2.77. The first kappa shape index (κ1) is 18.6. The predicted molar refractivity (Wildman–Crippen MR) is 88.4 cm³/mol. The fourth-order valence-electron chi connectivity index (χ4n) is 2.63. The zero-order chi connectivity index (χ0) is 18.6. The minimum Gasteiger partial charge on any atom is -0.504 e. The van der Waals surface area contributed by atoms with Crippen LogP contribution in [0, 0.1) is 0 Å². The van der Waals surface area contributed by atoms with Crippen LogP contribution in [0.3, 0.4) is 0 Å².